The predicted octanol–water partition coefficient (Wildman–Crippen LogP) is 7.48. The highest BCUT2D eigenvalue weighted by molar-refractivity contribution is 7.46. The van der Waals surface area contributed by atoms with Gasteiger partial charge in [-0.15, -0.1) is 0 Å². The van der Waals surface area contributed by atoms with Crippen molar-refractivity contribution >= 4 is 7.82 Å². The quantitative estimate of drug-likeness (QED) is 0.125. The van der Waals surface area contributed by atoms with Crippen molar-refractivity contribution in [3.05, 3.63) is 0 Å². The highest BCUT2D eigenvalue weighted by atomic mass is 31.2. The van der Waals surface area contributed by atoms with E-state index in [0.29, 0.717) is 10.9 Å². The summed E-state index contributed by atoms with van der Waals surface area (Å²) in [7, 11) is 0.0562. The standard InChI is InChI=1S/C26H52NO4P/c1-4-5-6-7-8-9-10-11-12-13-14-15-16-17-18-19-22-26-24-25(30-32(28,29)31-26)21-20-23-27(26,2)3/h25H,4-24H2,1-3H3. The maximum absolute atomic E-state index is 12.3. The molecule has 2 aliphatic rings. The lowest BCUT2D eigenvalue weighted by atomic mass is 9.95. The van der Waals surface area contributed by atoms with Crippen LogP contribution in [0.4, 0.5) is 0 Å². The minimum absolute atomic E-state index is 0.201. The molecule has 0 radical (unpaired) electrons. The summed E-state index contributed by atoms with van der Waals surface area (Å²) in [4.78, 5) is 12.3. The van der Waals surface area contributed by atoms with Gasteiger partial charge in [0.15, 0.2) is 0 Å². The fraction of sp³-hybridized carbons (Fsp3) is 1.00. The van der Waals surface area contributed by atoms with Gasteiger partial charge in [0.25, 0.3) is 7.82 Å². The summed E-state index contributed by atoms with van der Waals surface area (Å²) in [6, 6.07) is 0. The Morgan fingerprint density at radius 2 is 1.31 bits per heavy atom. The van der Waals surface area contributed by atoms with E-state index in [4.69, 9.17) is 9.05 Å². The number of quaternary nitrogens is 1. The number of phosphoric ester groups is 1. The van der Waals surface area contributed by atoms with E-state index in [1.165, 1.54) is 89.9 Å². The van der Waals surface area contributed by atoms with E-state index in [2.05, 4.69) is 21.0 Å². The Labute approximate surface area is 198 Å². The van der Waals surface area contributed by atoms with Gasteiger partial charge in [-0.1, -0.05) is 103 Å². The minimum Gasteiger partial charge on any atom is -0.756 e. The van der Waals surface area contributed by atoms with Crippen LogP contribution >= 0.6 is 7.82 Å². The molecule has 6 heteroatoms. The fourth-order valence-corrected chi connectivity index (χ4v) is 7.06. The molecule has 0 aromatic rings. The highest BCUT2D eigenvalue weighted by Gasteiger charge is 2.55. The van der Waals surface area contributed by atoms with Crippen molar-refractivity contribution in [2.45, 2.75) is 147 Å². The molecule has 190 valence electrons. The lowest BCUT2D eigenvalue weighted by Gasteiger charge is -2.52. The molecule has 0 saturated carbocycles. The van der Waals surface area contributed by atoms with Gasteiger partial charge in [-0.2, -0.15) is 0 Å². The van der Waals surface area contributed by atoms with E-state index in [9.17, 15) is 9.46 Å². The number of hydrogen-bond acceptors (Lipinski definition) is 4. The first-order valence-corrected chi connectivity index (χ1v) is 15.3. The summed E-state index contributed by atoms with van der Waals surface area (Å²) < 4.78 is 23.8. The second-order valence-electron chi connectivity index (χ2n) is 11.0. The zero-order valence-corrected chi connectivity index (χ0v) is 22.3. The van der Waals surface area contributed by atoms with Crippen LogP contribution in [0.3, 0.4) is 0 Å². The summed E-state index contributed by atoms with van der Waals surface area (Å²) >= 11 is 0. The number of unbranched alkanes of at least 4 members (excludes halogenated alkanes) is 15. The molecule has 2 aliphatic heterocycles. The van der Waals surface area contributed by atoms with Gasteiger partial charge in [-0.3, -0.25) is 9.09 Å². The molecule has 0 amide bonds. The van der Waals surface area contributed by atoms with Crippen LogP contribution in [0.1, 0.15) is 135 Å². The van der Waals surface area contributed by atoms with Crippen molar-refractivity contribution in [2.75, 3.05) is 20.6 Å². The summed E-state index contributed by atoms with van der Waals surface area (Å²) in [5, 5.41) is 0. The third-order valence-electron chi connectivity index (χ3n) is 7.87. The summed E-state index contributed by atoms with van der Waals surface area (Å²) in [6.07, 6.45) is 24.7. The number of rotatable bonds is 17. The zero-order chi connectivity index (χ0) is 23.3. The number of likely N-dealkylation sites (tertiary alicyclic amines) is 1. The minimum atomic E-state index is -4.19. The van der Waals surface area contributed by atoms with Gasteiger partial charge in [-0.25, -0.2) is 0 Å². The number of hydrogen-bond donors (Lipinski definition) is 0. The fourth-order valence-electron chi connectivity index (χ4n) is 5.67. The Balaban J connectivity index is 1.51. The lowest BCUT2D eigenvalue weighted by Crippen LogP contribution is -2.62. The molecule has 32 heavy (non-hydrogen) atoms. The third-order valence-corrected chi connectivity index (χ3v) is 8.99. The van der Waals surface area contributed by atoms with Crippen LogP contribution in [0.15, 0.2) is 0 Å². The summed E-state index contributed by atoms with van der Waals surface area (Å²) in [5.41, 5.74) is -0.632. The molecular formula is C26H52NO4P. The maximum Gasteiger partial charge on any atom is 0.273 e. The van der Waals surface area contributed by atoms with Gasteiger partial charge in [-0.05, 0) is 19.3 Å². The molecule has 2 saturated heterocycles. The average molecular weight is 474 g/mol. The van der Waals surface area contributed by atoms with E-state index in [-0.39, 0.29) is 6.10 Å². The SMILES string of the molecule is CCCCCCCCCCCCCCCCCCC12CC(CCC[N+]1(C)C)OP(=O)([O-])O2. The van der Waals surface area contributed by atoms with E-state index >= 15 is 0 Å². The van der Waals surface area contributed by atoms with Crippen LogP contribution in [0, 0.1) is 0 Å². The second-order valence-corrected chi connectivity index (χ2v) is 12.3. The van der Waals surface area contributed by atoms with Gasteiger partial charge >= 0.3 is 0 Å². The predicted molar refractivity (Wildman–Crippen MR) is 131 cm³/mol. The van der Waals surface area contributed by atoms with Crippen molar-refractivity contribution in [1.82, 2.24) is 0 Å². The first-order chi connectivity index (χ1) is 15.3. The van der Waals surface area contributed by atoms with Gasteiger partial charge in [0.1, 0.15) is 0 Å². The Kier molecular flexibility index (Phi) is 12.8. The van der Waals surface area contributed by atoms with Crippen molar-refractivity contribution in [2.24, 2.45) is 0 Å². The van der Waals surface area contributed by atoms with Crippen LogP contribution < -0.4 is 4.89 Å². The Morgan fingerprint density at radius 3 is 1.81 bits per heavy atom. The number of fused-ring (bicyclic) bond motifs is 2. The monoisotopic (exact) mass is 473 g/mol. The molecular weight excluding hydrogens is 421 g/mol. The highest BCUT2D eigenvalue weighted by Crippen LogP contribution is 2.56. The second kappa shape index (κ2) is 14.5. The number of phosphoric acid groups is 1. The van der Waals surface area contributed by atoms with E-state index in [1.54, 1.807) is 0 Å². The first-order valence-electron chi connectivity index (χ1n) is 13.8. The number of nitrogens with zero attached hydrogens (tertiary/aromatic N) is 1. The molecule has 0 N–H and O–H groups in total. The van der Waals surface area contributed by atoms with Crippen molar-refractivity contribution in [1.29, 1.82) is 0 Å². The van der Waals surface area contributed by atoms with E-state index in [0.717, 1.165) is 38.6 Å². The Bertz CT molecular complexity index is 556. The van der Waals surface area contributed by atoms with Gasteiger partial charge in [0.2, 0.25) is 5.72 Å². The van der Waals surface area contributed by atoms with Crippen molar-refractivity contribution in [3.8, 4) is 0 Å². The molecule has 0 aromatic heterocycles. The van der Waals surface area contributed by atoms with Gasteiger partial charge in [0, 0.05) is 6.42 Å². The molecule has 0 aliphatic carbocycles. The van der Waals surface area contributed by atoms with Crippen LogP contribution in [0.5, 0.6) is 0 Å². The summed E-state index contributed by atoms with van der Waals surface area (Å²) in [5.74, 6) is 0. The van der Waals surface area contributed by atoms with Gasteiger partial charge < -0.3 is 13.9 Å². The largest absolute Gasteiger partial charge is 0.756 e. The average Bonchev–Trinajstić information content (AvgIpc) is 2.80. The topological polar surface area (TPSA) is 58.6 Å². The molecule has 0 aromatic carbocycles. The smallest absolute Gasteiger partial charge is 0.273 e. The normalized spacial score (nSPS) is 29.7. The van der Waals surface area contributed by atoms with Crippen molar-refractivity contribution in [3.63, 3.8) is 0 Å². The molecule has 2 rings (SSSR count). The van der Waals surface area contributed by atoms with Crippen molar-refractivity contribution < 1.29 is 23.0 Å². The molecule has 2 fully saturated rings. The zero-order valence-electron chi connectivity index (χ0n) is 21.5. The molecule has 3 atom stereocenters. The third kappa shape index (κ3) is 9.74. The van der Waals surface area contributed by atoms with Crippen LogP contribution in [0.25, 0.3) is 0 Å². The van der Waals surface area contributed by atoms with E-state index < -0.39 is 13.5 Å². The molecule has 2 bridgehead atoms. The van der Waals surface area contributed by atoms with Crippen LogP contribution in [-0.2, 0) is 13.6 Å². The van der Waals surface area contributed by atoms with Gasteiger partial charge in [0.05, 0.1) is 33.2 Å². The summed E-state index contributed by atoms with van der Waals surface area (Å²) in [6.45, 7) is 3.22. The lowest BCUT2D eigenvalue weighted by molar-refractivity contribution is -0.965. The molecule has 2 heterocycles. The first kappa shape index (κ1) is 28.3. The molecule has 3 unspecified atom stereocenters. The molecule has 0 spiro atoms. The Hall–Kier alpha value is 0.0700. The maximum atomic E-state index is 12.3. The van der Waals surface area contributed by atoms with Crippen LogP contribution in [-0.4, -0.2) is 37.0 Å². The Morgan fingerprint density at radius 1 is 0.844 bits per heavy atom. The van der Waals surface area contributed by atoms with E-state index in [1.807, 2.05) is 0 Å². The molecule has 5 nitrogen and oxygen atoms in total. The van der Waals surface area contributed by atoms with Crippen LogP contribution in [0.2, 0.25) is 0 Å².